The van der Waals surface area contributed by atoms with E-state index in [1.807, 2.05) is 0 Å². The normalized spacial score (nSPS) is 66.0. The minimum Gasteiger partial charge on any atom is -0.138 e. The number of thioether (sulfide) groups is 2. The minimum atomic E-state index is 0.822. The molecule has 3 aliphatic heterocycles. The summed E-state index contributed by atoms with van der Waals surface area (Å²) < 4.78 is 0.822. The highest BCUT2D eigenvalue weighted by Gasteiger charge is 2.70. The van der Waals surface area contributed by atoms with Crippen LogP contribution in [-0.2, 0) is 0 Å². The lowest BCUT2D eigenvalue weighted by atomic mass is 9.98. The van der Waals surface area contributed by atoms with E-state index >= 15 is 0 Å². The van der Waals surface area contributed by atoms with E-state index < -0.39 is 0 Å². The molecule has 4 fully saturated rings. The monoisotopic (exact) mass is 144 g/mol. The van der Waals surface area contributed by atoms with Gasteiger partial charge in [-0.1, -0.05) is 6.42 Å². The lowest BCUT2D eigenvalue weighted by molar-refractivity contribution is 0.520. The zero-order valence-corrected chi connectivity index (χ0v) is 6.23. The summed E-state index contributed by atoms with van der Waals surface area (Å²) in [6.45, 7) is 0. The van der Waals surface area contributed by atoms with Gasteiger partial charge in [-0.3, -0.25) is 0 Å². The van der Waals surface area contributed by atoms with Gasteiger partial charge in [0, 0.05) is 10.5 Å². The molecule has 0 N–H and O–H groups in total. The molecular weight excluding hydrogens is 136 g/mol. The molecule has 0 aromatic rings. The van der Waals surface area contributed by atoms with E-state index in [-0.39, 0.29) is 0 Å². The van der Waals surface area contributed by atoms with Crippen molar-refractivity contribution < 1.29 is 0 Å². The van der Waals surface area contributed by atoms with Crippen molar-refractivity contribution in [1.29, 1.82) is 0 Å². The Morgan fingerprint density at radius 2 is 2.38 bits per heavy atom. The molecule has 0 amide bonds. The Bertz CT molecular complexity index is 139. The van der Waals surface area contributed by atoms with Gasteiger partial charge in [0.1, 0.15) is 0 Å². The van der Waals surface area contributed by atoms with Crippen molar-refractivity contribution in [2.45, 2.75) is 33.8 Å². The molecule has 2 heteroatoms. The summed E-state index contributed by atoms with van der Waals surface area (Å²) in [5, 5.41) is 2.22. The third-order valence-electron chi connectivity index (χ3n) is 2.41. The molecule has 4 aliphatic rings. The highest BCUT2D eigenvalue weighted by molar-refractivity contribution is 8.29. The first-order valence-electron chi connectivity index (χ1n) is 3.26. The maximum Gasteiger partial charge on any atom is 0.0747 e. The van der Waals surface area contributed by atoms with Gasteiger partial charge in [0.25, 0.3) is 0 Å². The smallest absolute Gasteiger partial charge is 0.0747 e. The Hall–Kier alpha value is 0.700. The van der Waals surface area contributed by atoms with Crippen molar-refractivity contribution >= 4 is 23.5 Å². The van der Waals surface area contributed by atoms with E-state index in [2.05, 4.69) is 23.5 Å². The third-order valence-corrected chi connectivity index (χ3v) is 6.56. The quantitative estimate of drug-likeness (QED) is 0.477. The lowest BCUT2D eigenvalue weighted by Gasteiger charge is -2.37. The second-order valence-corrected chi connectivity index (χ2v) is 6.20. The summed E-state index contributed by atoms with van der Waals surface area (Å²) in [5.74, 6) is 0. The zero-order valence-electron chi connectivity index (χ0n) is 4.59. The fraction of sp³-hybridized carbons (Fsp3) is 1.00. The number of hydrogen-bond acceptors (Lipinski definition) is 2. The van der Waals surface area contributed by atoms with Gasteiger partial charge in [-0.2, -0.15) is 0 Å². The van der Waals surface area contributed by atoms with Crippen molar-refractivity contribution in [3.63, 3.8) is 0 Å². The van der Waals surface area contributed by atoms with Gasteiger partial charge in [-0.15, -0.1) is 23.5 Å². The molecule has 0 nitrogen and oxygen atoms in total. The van der Waals surface area contributed by atoms with E-state index in [1.54, 1.807) is 0 Å². The largest absolute Gasteiger partial charge is 0.138 e. The van der Waals surface area contributed by atoms with E-state index in [0.29, 0.717) is 0 Å². The topological polar surface area (TPSA) is 0 Å². The molecule has 1 spiro atoms. The predicted octanol–water partition coefficient (Wildman–Crippen LogP) is 2.10. The van der Waals surface area contributed by atoms with Crippen molar-refractivity contribution in [3.05, 3.63) is 0 Å². The SMILES string of the molecule is C1CC2SC3(C1)SC23. The van der Waals surface area contributed by atoms with E-state index in [9.17, 15) is 0 Å². The summed E-state index contributed by atoms with van der Waals surface area (Å²) in [5.41, 5.74) is 0. The number of rotatable bonds is 0. The van der Waals surface area contributed by atoms with Crippen molar-refractivity contribution in [2.75, 3.05) is 0 Å². The molecule has 4 rings (SSSR count). The zero-order chi connectivity index (χ0) is 5.19. The van der Waals surface area contributed by atoms with Crippen LogP contribution >= 0.6 is 23.5 Å². The molecule has 3 saturated heterocycles. The van der Waals surface area contributed by atoms with Crippen LogP contribution in [0.5, 0.6) is 0 Å². The van der Waals surface area contributed by atoms with Crippen molar-refractivity contribution in [2.24, 2.45) is 0 Å². The van der Waals surface area contributed by atoms with Crippen LogP contribution in [0.4, 0.5) is 0 Å². The van der Waals surface area contributed by atoms with Crippen LogP contribution in [0.15, 0.2) is 0 Å². The molecule has 3 heterocycles. The Morgan fingerprint density at radius 1 is 1.38 bits per heavy atom. The van der Waals surface area contributed by atoms with Crippen LogP contribution < -0.4 is 0 Å². The van der Waals surface area contributed by atoms with Crippen LogP contribution in [0.3, 0.4) is 0 Å². The van der Waals surface area contributed by atoms with Crippen LogP contribution in [0.25, 0.3) is 0 Å². The van der Waals surface area contributed by atoms with Gasteiger partial charge >= 0.3 is 0 Å². The van der Waals surface area contributed by atoms with Gasteiger partial charge in [0.2, 0.25) is 0 Å². The first-order chi connectivity index (χ1) is 3.91. The van der Waals surface area contributed by atoms with E-state index in [1.165, 1.54) is 19.3 Å². The van der Waals surface area contributed by atoms with Gasteiger partial charge in [-0.25, -0.2) is 0 Å². The summed E-state index contributed by atoms with van der Waals surface area (Å²) in [7, 11) is 0. The molecular formula is C6H8S2. The first-order valence-corrected chi connectivity index (χ1v) is 5.02. The van der Waals surface area contributed by atoms with Crippen LogP contribution in [-0.4, -0.2) is 14.6 Å². The average molecular weight is 144 g/mol. The van der Waals surface area contributed by atoms with Crippen LogP contribution in [0.1, 0.15) is 19.3 Å². The molecule has 44 valence electrons. The molecule has 0 aromatic heterocycles. The highest BCUT2D eigenvalue weighted by Crippen LogP contribution is 2.79. The Morgan fingerprint density at radius 3 is 2.88 bits per heavy atom. The van der Waals surface area contributed by atoms with Gasteiger partial charge in [0.05, 0.1) is 4.08 Å². The van der Waals surface area contributed by atoms with Crippen LogP contribution in [0.2, 0.25) is 0 Å². The summed E-state index contributed by atoms with van der Waals surface area (Å²) >= 11 is 4.49. The first kappa shape index (κ1) is 4.51. The van der Waals surface area contributed by atoms with Crippen molar-refractivity contribution in [1.82, 2.24) is 0 Å². The number of hydrogen-bond donors (Lipinski definition) is 0. The second-order valence-electron chi connectivity index (χ2n) is 2.90. The molecule has 8 heavy (non-hydrogen) atoms. The minimum absolute atomic E-state index is 0.822. The maximum absolute atomic E-state index is 2.25. The summed E-state index contributed by atoms with van der Waals surface area (Å²) in [6.07, 6.45) is 4.55. The molecule has 1 saturated carbocycles. The lowest BCUT2D eigenvalue weighted by Crippen LogP contribution is -2.37. The van der Waals surface area contributed by atoms with Crippen LogP contribution in [0, 0.1) is 0 Å². The third kappa shape index (κ3) is 0.330. The van der Waals surface area contributed by atoms with E-state index in [0.717, 1.165) is 14.6 Å². The molecule has 2 bridgehead atoms. The van der Waals surface area contributed by atoms with Gasteiger partial charge in [0.15, 0.2) is 0 Å². The van der Waals surface area contributed by atoms with Crippen molar-refractivity contribution in [3.8, 4) is 0 Å². The number of fused-ring (bicyclic) bond motifs is 2. The fourth-order valence-corrected chi connectivity index (χ4v) is 6.07. The highest BCUT2D eigenvalue weighted by atomic mass is 32.2. The Kier molecular flexibility index (Phi) is 0.621. The summed E-state index contributed by atoms with van der Waals surface area (Å²) in [4.78, 5) is 0. The molecule has 0 aromatic carbocycles. The van der Waals surface area contributed by atoms with E-state index in [4.69, 9.17) is 0 Å². The Balaban J connectivity index is 1.98. The summed E-state index contributed by atoms with van der Waals surface area (Å²) in [6, 6.07) is 0. The molecule has 1 aliphatic carbocycles. The Labute approximate surface area is 57.8 Å². The van der Waals surface area contributed by atoms with Gasteiger partial charge < -0.3 is 0 Å². The predicted molar refractivity (Wildman–Crippen MR) is 39.3 cm³/mol. The molecule has 0 radical (unpaired) electrons. The second kappa shape index (κ2) is 1.10. The average Bonchev–Trinajstić information content (AvgIpc) is 2.40. The molecule has 3 unspecified atom stereocenters. The fourth-order valence-electron chi connectivity index (χ4n) is 1.90. The molecule has 3 atom stereocenters. The standard InChI is InChI=1S/C6H8S2/c1-2-4-5-6(3-1,7-4)8-5/h4-5H,1-3H2. The maximum atomic E-state index is 2.25. The van der Waals surface area contributed by atoms with Gasteiger partial charge in [-0.05, 0) is 12.8 Å².